The lowest BCUT2D eigenvalue weighted by Crippen LogP contribution is -2.33. The molecular formula is C14H16ClN3O3. The maximum atomic E-state index is 11.8. The van der Waals surface area contributed by atoms with Gasteiger partial charge in [-0.05, 0) is 43.9 Å². The molecule has 112 valence electrons. The zero-order valence-electron chi connectivity index (χ0n) is 11.6. The fourth-order valence-corrected chi connectivity index (χ4v) is 2.20. The fraction of sp³-hybridized carbons (Fsp3) is 0.357. The van der Waals surface area contributed by atoms with Crippen molar-refractivity contribution in [3.8, 4) is 5.75 Å². The molecule has 0 heterocycles. The van der Waals surface area contributed by atoms with Crippen molar-refractivity contribution in [3.63, 3.8) is 0 Å². The topological polar surface area (TPSA) is 79.8 Å². The lowest BCUT2D eigenvalue weighted by atomic mass is 10.3. The molecule has 0 bridgehead atoms. The van der Waals surface area contributed by atoms with Gasteiger partial charge in [-0.3, -0.25) is 9.59 Å². The Balaban J connectivity index is 1.98. The number of rotatable bonds is 3. The summed E-state index contributed by atoms with van der Waals surface area (Å²) in [4.78, 5) is 23.5. The summed E-state index contributed by atoms with van der Waals surface area (Å²) >= 11 is 5.85. The predicted molar refractivity (Wildman–Crippen MR) is 80.7 cm³/mol. The summed E-state index contributed by atoms with van der Waals surface area (Å²) < 4.78 is 5.09. The summed E-state index contributed by atoms with van der Waals surface area (Å²) in [5.41, 5.74) is 3.51. The average Bonchev–Trinajstić information content (AvgIpc) is 2.98. The average molecular weight is 310 g/mol. The second-order valence-corrected chi connectivity index (χ2v) is 5.06. The summed E-state index contributed by atoms with van der Waals surface area (Å²) in [7, 11) is 1.46. The van der Waals surface area contributed by atoms with Crippen LogP contribution >= 0.6 is 11.6 Å². The standard InChI is InChI=1S/C14H16ClN3O3/c1-21-12-7-6-9(15)8-11(12)16-13(19)14(20)18-17-10-4-2-3-5-10/h6-8H,2-5H2,1H3,(H,16,19)(H,18,20). The first-order valence-corrected chi connectivity index (χ1v) is 6.98. The first-order valence-electron chi connectivity index (χ1n) is 6.60. The van der Waals surface area contributed by atoms with E-state index in [9.17, 15) is 9.59 Å². The number of methoxy groups -OCH3 is 1. The Hall–Kier alpha value is -2.08. The van der Waals surface area contributed by atoms with Gasteiger partial charge in [-0.25, -0.2) is 5.43 Å². The molecule has 7 heteroatoms. The monoisotopic (exact) mass is 309 g/mol. The van der Waals surface area contributed by atoms with Gasteiger partial charge in [0.1, 0.15) is 5.75 Å². The van der Waals surface area contributed by atoms with Gasteiger partial charge in [0.2, 0.25) is 0 Å². The van der Waals surface area contributed by atoms with Crippen LogP contribution in [0.5, 0.6) is 5.75 Å². The largest absolute Gasteiger partial charge is 0.495 e. The molecule has 1 aliphatic rings. The van der Waals surface area contributed by atoms with E-state index in [1.54, 1.807) is 12.1 Å². The zero-order chi connectivity index (χ0) is 15.2. The summed E-state index contributed by atoms with van der Waals surface area (Å²) in [6, 6.07) is 4.74. The van der Waals surface area contributed by atoms with Crippen LogP contribution in [0.3, 0.4) is 0 Å². The van der Waals surface area contributed by atoms with Crippen LogP contribution in [0.4, 0.5) is 5.69 Å². The third kappa shape index (κ3) is 4.19. The van der Waals surface area contributed by atoms with E-state index in [0.29, 0.717) is 16.5 Å². The van der Waals surface area contributed by atoms with Crippen LogP contribution in [-0.2, 0) is 9.59 Å². The Kier molecular flexibility index (Phi) is 5.16. The van der Waals surface area contributed by atoms with Crippen LogP contribution in [0.25, 0.3) is 0 Å². The van der Waals surface area contributed by atoms with Crippen molar-refractivity contribution in [3.05, 3.63) is 23.2 Å². The summed E-state index contributed by atoms with van der Waals surface area (Å²) in [6.07, 6.45) is 3.87. The maximum absolute atomic E-state index is 11.8. The molecule has 2 amide bonds. The molecule has 6 nitrogen and oxygen atoms in total. The molecule has 21 heavy (non-hydrogen) atoms. The van der Waals surface area contributed by atoms with Crippen LogP contribution in [0, 0.1) is 0 Å². The molecule has 0 unspecified atom stereocenters. The molecule has 1 aliphatic carbocycles. The smallest absolute Gasteiger partial charge is 0.329 e. The minimum Gasteiger partial charge on any atom is -0.495 e. The van der Waals surface area contributed by atoms with Crippen molar-refractivity contribution >= 4 is 34.8 Å². The molecule has 0 saturated heterocycles. The van der Waals surface area contributed by atoms with Gasteiger partial charge in [0.25, 0.3) is 0 Å². The SMILES string of the molecule is COc1ccc(Cl)cc1NC(=O)C(=O)NN=C1CCCC1. The third-order valence-electron chi connectivity index (χ3n) is 3.11. The number of anilines is 1. The van der Waals surface area contributed by atoms with E-state index in [2.05, 4.69) is 15.8 Å². The highest BCUT2D eigenvalue weighted by atomic mass is 35.5. The number of halogens is 1. The van der Waals surface area contributed by atoms with E-state index < -0.39 is 11.8 Å². The van der Waals surface area contributed by atoms with Crippen molar-refractivity contribution in [1.82, 2.24) is 5.43 Å². The van der Waals surface area contributed by atoms with Gasteiger partial charge in [-0.2, -0.15) is 5.10 Å². The van der Waals surface area contributed by atoms with Gasteiger partial charge in [0.05, 0.1) is 12.8 Å². The Morgan fingerprint density at radius 2 is 1.95 bits per heavy atom. The summed E-state index contributed by atoms with van der Waals surface area (Å²) in [5, 5.41) is 6.82. The number of carbonyl (C=O) groups is 2. The van der Waals surface area contributed by atoms with Gasteiger partial charge in [0, 0.05) is 10.7 Å². The van der Waals surface area contributed by atoms with Crippen LogP contribution in [-0.4, -0.2) is 24.6 Å². The number of amides is 2. The van der Waals surface area contributed by atoms with E-state index >= 15 is 0 Å². The van der Waals surface area contributed by atoms with E-state index in [1.807, 2.05) is 0 Å². The molecule has 1 aromatic carbocycles. The Bertz CT molecular complexity index is 579. The lowest BCUT2D eigenvalue weighted by molar-refractivity contribution is -0.136. The first-order chi connectivity index (χ1) is 10.1. The fourth-order valence-electron chi connectivity index (χ4n) is 2.03. The van der Waals surface area contributed by atoms with E-state index in [0.717, 1.165) is 31.4 Å². The number of hydrazone groups is 1. The number of nitrogens with zero attached hydrogens (tertiary/aromatic N) is 1. The normalized spacial score (nSPS) is 13.7. The number of benzene rings is 1. The molecule has 1 fully saturated rings. The molecule has 1 saturated carbocycles. The molecule has 2 N–H and O–H groups in total. The Morgan fingerprint density at radius 1 is 1.24 bits per heavy atom. The predicted octanol–water partition coefficient (Wildman–Crippen LogP) is 2.33. The third-order valence-corrected chi connectivity index (χ3v) is 3.35. The number of ether oxygens (including phenoxy) is 1. The van der Waals surface area contributed by atoms with Crippen LogP contribution in [0.2, 0.25) is 5.02 Å². The quantitative estimate of drug-likeness (QED) is 0.664. The van der Waals surface area contributed by atoms with E-state index in [1.165, 1.54) is 13.2 Å². The molecule has 0 radical (unpaired) electrons. The second-order valence-electron chi connectivity index (χ2n) is 4.62. The zero-order valence-corrected chi connectivity index (χ0v) is 12.4. The molecule has 2 rings (SSSR count). The minimum absolute atomic E-state index is 0.332. The summed E-state index contributed by atoms with van der Waals surface area (Å²) in [5.74, 6) is -1.23. The van der Waals surface area contributed by atoms with Gasteiger partial charge in [-0.1, -0.05) is 11.6 Å². The molecule has 0 aromatic heterocycles. The molecular weight excluding hydrogens is 294 g/mol. The number of hydrogen-bond donors (Lipinski definition) is 2. The van der Waals surface area contributed by atoms with Gasteiger partial charge < -0.3 is 10.1 Å². The first kappa shape index (κ1) is 15.3. The van der Waals surface area contributed by atoms with E-state index in [4.69, 9.17) is 16.3 Å². The van der Waals surface area contributed by atoms with Crippen molar-refractivity contribution in [2.45, 2.75) is 25.7 Å². The highest BCUT2D eigenvalue weighted by Gasteiger charge is 2.16. The highest BCUT2D eigenvalue weighted by Crippen LogP contribution is 2.27. The Morgan fingerprint density at radius 3 is 2.62 bits per heavy atom. The maximum Gasteiger partial charge on any atom is 0.329 e. The molecule has 0 atom stereocenters. The lowest BCUT2D eigenvalue weighted by Gasteiger charge is -2.09. The Labute approximate surface area is 127 Å². The highest BCUT2D eigenvalue weighted by molar-refractivity contribution is 6.40. The second kappa shape index (κ2) is 7.08. The summed E-state index contributed by atoms with van der Waals surface area (Å²) in [6.45, 7) is 0. The minimum atomic E-state index is -0.823. The number of hydrogen-bond acceptors (Lipinski definition) is 4. The van der Waals surface area contributed by atoms with Crippen molar-refractivity contribution in [1.29, 1.82) is 0 Å². The van der Waals surface area contributed by atoms with Crippen molar-refractivity contribution in [2.75, 3.05) is 12.4 Å². The van der Waals surface area contributed by atoms with Crippen molar-refractivity contribution < 1.29 is 14.3 Å². The number of nitrogens with one attached hydrogen (secondary N) is 2. The molecule has 0 spiro atoms. The van der Waals surface area contributed by atoms with Gasteiger partial charge >= 0.3 is 11.8 Å². The van der Waals surface area contributed by atoms with Crippen LogP contribution < -0.4 is 15.5 Å². The van der Waals surface area contributed by atoms with Gasteiger partial charge in [0.15, 0.2) is 0 Å². The van der Waals surface area contributed by atoms with E-state index in [-0.39, 0.29) is 0 Å². The molecule has 0 aliphatic heterocycles. The number of carbonyl (C=O) groups excluding carboxylic acids is 2. The molecule has 1 aromatic rings. The van der Waals surface area contributed by atoms with Crippen LogP contribution in [0.1, 0.15) is 25.7 Å². The van der Waals surface area contributed by atoms with Crippen LogP contribution in [0.15, 0.2) is 23.3 Å². The van der Waals surface area contributed by atoms with Gasteiger partial charge in [-0.15, -0.1) is 0 Å². The van der Waals surface area contributed by atoms with Crippen molar-refractivity contribution in [2.24, 2.45) is 5.10 Å².